The molecule has 1 fully saturated rings. The summed E-state index contributed by atoms with van der Waals surface area (Å²) in [7, 11) is 1.65. The highest BCUT2D eigenvalue weighted by Gasteiger charge is 2.52. The summed E-state index contributed by atoms with van der Waals surface area (Å²) >= 11 is 3.73. The summed E-state index contributed by atoms with van der Waals surface area (Å²) in [5, 5.41) is 0. The minimum atomic E-state index is -0.606. The molecule has 23 heavy (non-hydrogen) atoms. The number of halogens is 1. The SMILES string of the molecule is CCOC(=O)[C@H]1C[C@@H](Br)[C@](C)(c2ccc(OC)cc2)OC1(C)C. The van der Waals surface area contributed by atoms with Crippen LogP contribution in [-0.2, 0) is 19.9 Å². The van der Waals surface area contributed by atoms with Gasteiger partial charge in [0.1, 0.15) is 11.4 Å². The number of ether oxygens (including phenoxy) is 3. The van der Waals surface area contributed by atoms with Gasteiger partial charge in [-0.2, -0.15) is 0 Å². The molecule has 1 aliphatic heterocycles. The monoisotopic (exact) mass is 384 g/mol. The summed E-state index contributed by atoms with van der Waals surface area (Å²) in [5.41, 5.74) is -0.0835. The van der Waals surface area contributed by atoms with Crippen molar-refractivity contribution in [3.8, 4) is 5.75 Å². The average molecular weight is 385 g/mol. The number of alkyl halides is 1. The van der Waals surface area contributed by atoms with E-state index in [2.05, 4.69) is 22.9 Å². The van der Waals surface area contributed by atoms with E-state index < -0.39 is 11.2 Å². The van der Waals surface area contributed by atoms with Crippen molar-refractivity contribution in [3.63, 3.8) is 0 Å². The van der Waals surface area contributed by atoms with Crippen molar-refractivity contribution in [3.05, 3.63) is 29.8 Å². The van der Waals surface area contributed by atoms with E-state index in [4.69, 9.17) is 14.2 Å². The molecule has 0 unspecified atom stereocenters. The Balaban J connectivity index is 2.29. The predicted molar refractivity (Wildman–Crippen MR) is 93.0 cm³/mol. The van der Waals surface area contributed by atoms with Gasteiger partial charge in [0, 0.05) is 4.83 Å². The van der Waals surface area contributed by atoms with Crippen LogP contribution in [0.15, 0.2) is 24.3 Å². The molecule has 1 heterocycles. The van der Waals surface area contributed by atoms with Crippen LogP contribution in [0.4, 0.5) is 0 Å². The first kappa shape index (κ1) is 18.3. The Labute approximate surface area is 146 Å². The van der Waals surface area contributed by atoms with Gasteiger partial charge in [0.2, 0.25) is 0 Å². The van der Waals surface area contributed by atoms with Gasteiger partial charge in [-0.05, 0) is 51.8 Å². The standard InChI is InChI=1S/C18H25BrO4/c1-6-22-16(20)14-11-15(19)18(4,23-17(14,2)3)12-7-9-13(21-5)10-8-12/h7-10,14-15H,6,11H2,1-5H3/t14-,15-,18+/m1/s1. The number of benzene rings is 1. The molecule has 4 nitrogen and oxygen atoms in total. The Morgan fingerprint density at radius 2 is 1.91 bits per heavy atom. The van der Waals surface area contributed by atoms with Gasteiger partial charge in [0.05, 0.1) is 25.2 Å². The van der Waals surface area contributed by atoms with Crippen LogP contribution in [0.25, 0.3) is 0 Å². The maximum atomic E-state index is 12.3. The van der Waals surface area contributed by atoms with Gasteiger partial charge in [-0.15, -0.1) is 0 Å². The lowest BCUT2D eigenvalue weighted by molar-refractivity contribution is -0.206. The Bertz CT molecular complexity index is 555. The lowest BCUT2D eigenvalue weighted by Gasteiger charge is -2.50. The topological polar surface area (TPSA) is 44.8 Å². The minimum absolute atomic E-state index is 0.00539. The Hall–Kier alpha value is -1.07. The highest BCUT2D eigenvalue weighted by Crippen LogP contribution is 2.48. The first-order valence-electron chi connectivity index (χ1n) is 7.90. The molecule has 1 aromatic rings. The molecule has 0 bridgehead atoms. The Morgan fingerprint density at radius 1 is 1.30 bits per heavy atom. The summed E-state index contributed by atoms with van der Waals surface area (Å²) in [6, 6.07) is 7.87. The van der Waals surface area contributed by atoms with E-state index in [-0.39, 0.29) is 16.7 Å². The van der Waals surface area contributed by atoms with E-state index >= 15 is 0 Å². The Morgan fingerprint density at radius 3 is 2.43 bits per heavy atom. The van der Waals surface area contributed by atoms with Crippen molar-refractivity contribution in [2.75, 3.05) is 13.7 Å². The quantitative estimate of drug-likeness (QED) is 0.580. The fourth-order valence-corrected chi connectivity index (χ4v) is 3.91. The zero-order valence-corrected chi connectivity index (χ0v) is 16.0. The number of hydrogen-bond acceptors (Lipinski definition) is 4. The Kier molecular flexibility index (Phi) is 5.41. The number of methoxy groups -OCH3 is 1. The fourth-order valence-electron chi connectivity index (χ4n) is 3.18. The van der Waals surface area contributed by atoms with Crippen molar-refractivity contribution >= 4 is 21.9 Å². The van der Waals surface area contributed by atoms with Crippen LogP contribution in [0.1, 0.15) is 39.7 Å². The third kappa shape index (κ3) is 3.56. The highest BCUT2D eigenvalue weighted by molar-refractivity contribution is 9.09. The smallest absolute Gasteiger partial charge is 0.311 e. The van der Waals surface area contributed by atoms with Gasteiger partial charge in [0.15, 0.2) is 0 Å². The largest absolute Gasteiger partial charge is 0.497 e. The second-order valence-electron chi connectivity index (χ2n) is 6.55. The summed E-state index contributed by atoms with van der Waals surface area (Å²) < 4.78 is 16.9. The molecule has 0 N–H and O–H groups in total. The van der Waals surface area contributed by atoms with E-state index in [0.717, 1.165) is 11.3 Å². The molecule has 1 aliphatic rings. The lowest BCUT2D eigenvalue weighted by atomic mass is 9.76. The molecular weight excluding hydrogens is 360 g/mol. The van der Waals surface area contributed by atoms with Crippen molar-refractivity contribution in [1.29, 1.82) is 0 Å². The molecule has 2 rings (SSSR count). The van der Waals surface area contributed by atoms with Crippen LogP contribution in [0.5, 0.6) is 5.75 Å². The minimum Gasteiger partial charge on any atom is -0.497 e. The normalized spacial score (nSPS) is 29.8. The molecule has 0 saturated carbocycles. The second kappa shape index (κ2) is 6.81. The number of carbonyl (C=O) groups excluding carboxylic acids is 1. The summed E-state index contributed by atoms with van der Waals surface area (Å²) in [4.78, 5) is 12.3. The number of hydrogen-bond donors (Lipinski definition) is 0. The van der Waals surface area contributed by atoms with E-state index in [0.29, 0.717) is 13.0 Å². The molecular formula is C18H25BrO4. The molecule has 0 aliphatic carbocycles. The van der Waals surface area contributed by atoms with Crippen molar-refractivity contribution in [1.82, 2.24) is 0 Å². The van der Waals surface area contributed by atoms with Gasteiger partial charge >= 0.3 is 5.97 Å². The van der Waals surface area contributed by atoms with Crippen LogP contribution in [0.2, 0.25) is 0 Å². The van der Waals surface area contributed by atoms with Crippen LogP contribution >= 0.6 is 15.9 Å². The van der Waals surface area contributed by atoms with Crippen molar-refractivity contribution < 1.29 is 19.0 Å². The van der Waals surface area contributed by atoms with E-state index in [1.807, 2.05) is 45.0 Å². The molecule has 0 radical (unpaired) electrons. The third-order valence-corrected chi connectivity index (χ3v) is 5.84. The summed E-state index contributed by atoms with van der Waals surface area (Å²) in [5.74, 6) is 0.319. The van der Waals surface area contributed by atoms with Gasteiger partial charge in [-0.25, -0.2) is 0 Å². The molecule has 1 saturated heterocycles. The average Bonchev–Trinajstić information content (AvgIpc) is 2.50. The third-order valence-electron chi connectivity index (χ3n) is 4.59. The molecule has 3 atom stereocenters. The molecule has 5 heteroatoms. The molecule has 0 amide bonds. The molecule has 0 spiro atoms. The van der Waals surface area contributed by atoms with Crippen LogP contribution < -0.4 is 4.74 Å². The molecule has 1 aromatic carbocycles. The predicted octanol–water partition coefficient (Wildman–Crippen LogP) is 4.05. The van der Waals surface area contributed by atoms with Crippen molar-refractivity contribution in [2.24, 2.45) is 5.92 Å². The van der Waals surface area contributed by atoms with Gasteiger partial charge in [-0.1, -0.05) is 28.1 Å². The number of rotatable bonds is 4. The van der Waals surface area contributed by atoms with Crippen molar-refractivity contribution in [2.45, 2.75) is 50.1 Å². The number of carbonyl (C=O) groups is 1. The van der Waals surface area contributed by atoms with Crippen LogP contribution in [0.3, 0.4) is 0 Å². The van der Waals surface area contributed by atoms with E-state index in [1.54, 1.807) is 7.11 Å². The summed E-state index contributed by atoms with van der Waals surface area (Å²) in [6.07, 6.45) is 0.661. The van der Waals surface area contributed by atoms with Gasteiger partial charge < -0.3 is 14.2 Å². The zero-order chi connectivity index (χ0) is 17.3. The first-order valence-corrected chi connectivity index (χ1v) is 8.81. The maximum absolute atomic E-state index is 12.3. The first-order chi connectivity index (χ1) is 10.7. The fraction of sp³-hybridized carbons (Fsp3) is 0.611. The zero-order valence-electron chi connectivity index (χ0n) is 14.4. The van der Waals surface area contributed by atoms with E-state index in [1.165, 1.54) is 0 Å². The van der Waals surface area contributed by atoms with Crippen LogP contribution in [0, 0.1) is 5.92 Å². The van der Waals surface area contributed by atoms with Gasteiger partial charge in [-0.3, -0.25) is 4.79 Å². The number of esters is 1. The lowest BCUT2D eigenvalue weighted by Crippen LogP contribution is -2.55. The van der Waals surface area contributed by atoms with E-state index in [9.17, 15) is 4.79 Å². The van der Waals surface area contributed by atoms with Gasteiger partial charge in [0.25, 0.3) is 0 Å². The van der Waals surface area contributed by atoms with Crippen LogP contribution in [-0.4, -0.2) is 30.1 Å². The highest BCUT2D eigenvalue weighted by atomic mass is 79.9. The summed E-state index contributed by atoms with van der Waals surface area (Å²) in [6.45, 7) is 8.16. The maximum Gasteiger partial charge on any atom is 0.311 e. The molecule has 0 aromatic heterocycles. The second-order valence-corrected chi connectivity index (χ2v) is 7.65. The molecule has 128 valence electrons.